The highest BCUT2D eigenvalue weighted by atomic mass is 32.2. The van der Waals surface area contributed by atoms with Crippen LogP contribution in [0, 0.1) is 0 Å². The molecule has 1 aromatic carbocycles. The largest absolute Gasteiger partial charge is 0.349 e. The van der Waals surface area contributed by atoms with Gasteiger partial charge in [-0.2, -0.15) is 4.31 Å². The van der Waals surface area contributed by atoms with Crippen LogP contribution in [0.1, 0.15) is 17.7 Å². The minimum absolute atomic E-state index is 0.0779. The van der Waals surface area contributed by atoms with Gasteiger partial charge in [0, 0.05) is 30.2 Å². The number of sulfonamides is 1. The Morgan fingerprint density at radius 2 is 2.00 bits per heavy atom. The number of benzene rings is 1. The lowest BCUT2D eigenvalue weighted by Gasteiger charge is -2.24. The van der Waals surface area contributed by atoms with Gasteiger partial charge in [-0.25, -0.2) is 8.42 Å². The molecule has 1 N–H and O–H groups in total. The second-order valence-electron chi connectivity index (χ2n) is 8.57. The number of pyridine rings is 1. The van der Waals surface area contributed by atoms with Crippen LogP contribution in [0.5, 0.6) is 0 Å². The topological polar surface area (TPSA) is 84.3 Å². The van der Waals surface area contributed by atoms with Crippen LogP contribution in [-0.2, 0) is 27.9 Å². The van der Waals surface area contributed by atoms with Crippen LogP contribution in [0.2, 0.25) is 0 Å². The van der Waals surface area contributed by atoms with Crippen molar-refractivity contribution in [3.63, 3.8) is 0 Å². The Labute approximate surface area is 208 Å². The second-order valence-corrected chi connectivity index (χ2v) is 11.5. The number of hydrogen-bond acceptors (Lipinski definition) is 5. The summed E-state index contributed by atoms with van der Waals surface area (Å²) in [5.74, 6) is -0.0779. The van der Waals surface area contributed by atoms with E-state index < -0.39 is 10.0 Å². The number of hydrogen-bond donors (Lipinski definition) is 1. The van der Waals surface area contributed by atoms with E-state index >= 15 is 0 Å². The zero-order chi connectivity index (χ0) is 24.4. The third kappa shape index (κ3) is 5.22. The van der Waals surface area contributed by atoms with Crippen molar-refractivity contribution in [2.24, 2.45) is 0 Å². The van der Waals surface area contributed by atoms with Gasteiger partial charge in [-0.05, 0) is 47.2 Å². The van der Waals surface area contributed by atoms with Gasteiger partial charge >= 0.3 is 0 Å². The number of aromatic nitrogens is 2. The van der Waals surface area contributed by atoms with Crippen LogP contribution in [0.3, 0.4) is 0 Å². The van der Waals surface area contributed by atoms with Crippen molar-refractivity contribution in [2.75, 3.05) is 19.3 Å². The van der Waals surface area contributed by atoms with E-state index in [2.05, 4.69) is 33.1 Å². The van der Waals surface area contributed by atoms with Crippen molar-refractivity contribution in [1.29, 1.82) is 0 Å². The first kappa shape index (κ1) is 23.5. The van der Waals surface area contributed by atoms with E-state index in [0.29, 0.717) is 26.1 Å². The molecule has 4 heterocycles. The normalized spacial score (nSPS) is 14.7. The Morgan fingerprint density at radius 1 is 1.14 bits per heavy atom. The molecule has 0 spiro atoms. The highest BCUT2D eigenvalue weighted by Gasteiger charge is 2.20. The van der Waals surface area contributed by atoms with Gasteiger partial charge in [-0.15, -0.1) is 11.3 Å². The first-order valence-electron chi connectivity index (χ1n) is 11.4. The molecule has 5 rings (SSSR count). The zero-order valence-electron chi connectivity index (χ0n) is 19.3. The van der Waals surface area contributed by atoms with E-state index in [4.69, 9.17) is 0 Å². The standard InChI is InChI=1S/C26H26N4O3S2/c1-35(32,33)29-12-10-19(11-13-29)21-8-9-22(27-16-21)17-28-26(31)18-30-23-6-3-2-5-20(23)15-24(30)25-7-4-14-34-25/h2-10,14-16H,11-13,17-18H2,1H3,(H,28,31). The number of thiophene rings is 1. The van der Waals surface area contributed by atoms with Crippen LogP contribution < -0.4 is 5.32 Å². The molecule has 35 heavy (non-hydrogen) atoms. The average Bonchev–Trinajstić information content (AvgIpc) is 3.51. The van der Waals surface area contributed by atoms with E-state index in [9.17, 15) is 13.2 Å². The van der Waals surface area contributed by atoms with Gasteiger partial charge < -0.3 is 9.88 Å². The minimum atomic E-state index is -3.17. The highest BCUT2D eigenvalue weighted by Crippen LogP contribution is 2.31. The van der Waals surface area contributed by atoms with Gasteiger partial charge in [0.05, 0.1) is 29.1 Å². The highest BCUT2D eigenvalue weighted by molar-refractivity contribution is 7.88. The number of fused-ring (bicyclic) bond motifs is 1. The summed E-state index contributed by atoms with van der Waals surface area (Å²) >= 11 is 1.66. The van der Waals surface area contributed by atoms with Gasteiger partial charge in [0.25, 0.3) is 0 Å². The summed E-state index contributed by atoms with van der Waals surface area (Å²) < 4.78 is 26.9. The van der Waals surface area contributed by atoms with Crippen molar-refractivity contribution in [2.45, 2.75) is 19.5 Å². The molecule has 0 atom stereocenters. The quantitative estimate of drug-likeness (QED) is 0.409. The number of amides is 1. The molecule has 9 heteroatoms. The number of nitrogens with one attached hydrogen (secondary N) is 1. The molecule has 0 saturated carbocycles. The number of carbonyl (C=O) groups is 1. The smallest absolute Gasteiger partial charge is 0.240 e. The molecular weight excluding hydrogens is 480 g/mol. The van der Waals surface area contributed by atoms with Crippen LogP contribution in [-0.4, -0.2) is 47.5 Å². The van der Waals surface area contributed by atoms with Crippen LogP contribution in [0.15, 0.2) is 72.3 Å². The maximum atomic E-state index is 12.9. The van der Waals surface area contributed by atoms with E-state index in [1.54, 1.807) is 17.5 Å². The van der Waals surface area contributed by atoms with Crippen LogP contribution >= 0.6 is 11.3 Å². The minimum Gasteiger partial charge on any atom is -0.349 e. The molecule has 0 unspecified atom stereocenters. The average molecular weight is 507 g/mol. The third-order valence-corrected chi connectivity index (χ3v) is 8.35. The molecule has 0 aliphatic carbocycles. The van der Waals surface area contributed by atoms with Gasteiger partial charge in [-0.1, -0.05) is 36.4 Å². The molecule has 0 bridgehead atoms. The SMILES string of the molecule is CS(=O)(=O)N1CC=C(c2ccc(CNC(=O)Cn3c(-c4cccs4)cc4ccccc43)nc2)CC1. The lowest BCUT2D eigenvalue weighted by molar-refractivity contribution is -0.121. The van der Waals surface area contributed by atoms with Crippen molar-refractivity contribution < 1.29 is 13.2 Å². The molecule has 3 aromatic heterocycles. The van der Waals surface area contributed by atoms with Gasteiger partial charge in [0.15, 0.2) is 0 Å². The summed E-state index contributed by atoms with van der Waals surface area (Å²) in [6.45, 7) is 1.42. The summed E-state index contributed by atoms with van der Waals surface area (Å²) in [6.07, 6.45) is 5.62. The summed E-state index contributed by atoms with van der Waals surface area (Å²) in [6, 6.07) is 18.2. The maximum Gasteiger partial charge on any atom is 0.240 e. The Hall–Kier alpha value is -3.27. The van der Waals surface area contributed by atoms with Gasteiger partial charge in [0.2, 0.25) is 15.9 Å². The van der Waals surface area contributed by atoms with Crippen molar-refractivity contribution in [3.8, 4) is 10.6 Å². The van der Waals surface area contributed by atoms with Crippen molar-refractivity contribution in [3.05, 3.63) is 83.5 Å². The van der Waals surface area contributed by atoms with E-state index in [1.807, 2.05) is 47.9 Å². The Bertz CT molecular complexity index is 1490. The van der Waals surface area contributed by atoms with Crippen molar-refractivity contribution >= 4 is 43.7 Å². The van der Waals surface area contributed by atoms with Crippen LogP contribution in [0.25, 0.3) is 27.0 Å². The summed E-state index contributed by atoms with van der Waals surface area (Å²) in [5, 5.41) is 6.14. The van der Waals surface area contributed by atoms with E-state index in [0.717, 1.165) is 38.3 Å². The molecule has 4 aromatic rings. The summed E-state index contributed by atoms with van der Waals surface area (Å²) in [7, 11) is -3.17. The first-order chi connectivity index (χ1) is 16.9. The summed E-state index contributed by atoms with van der Waals surface area (Å²) in [4.78, 5) is 18.5. The van der Waals surface area contributed by atoms with Crippen LogP contribution in [0.4, 0.5) is 0 Å². The van der Waals surface area contributed by atoms with E-state index in [1.165, 1.54) is 10.6 Å². The Morgan fingerprint density at radius 3 is 2.69 bits per heavy atom. The fraction of sp³-hybridized carbons (Fsp3) is 0.231. The lowest BCUT2D eigenvalue weighted by atomic mass is 10.0. The number of nitrogens with zero attached hydrogens (tertiary/aromatic N) is 3. The monoisotopic (exact) mass is 506 g/mol. The number of carbonyl (C=O) groups excluding carboxylic acids is 1. The molecule has 180 valence electrons. The summed E-state index contributed by atoms with van der Waals surface area (Å²) in [5.41, 5.74) is 4.91. The molecule has 0 fully saturated rings. The molecule has 0 radical (unpaired) electrons. The Balaban J connectivity index is 1.24. The Kier molecular flexibility index (Phi) is 6.55. The molecular formula is C26H26N4O3S2. The maximum absolute atomic E-state index is 12.9. The molecule has 7 nitrogen and oxygen atoms in total. The van der Waals surface area contributed by atoms with E-state index in [-0.39, 0.29) is 12.5 Å². The van der Waals surface area contributed by atoms with Crippen molar-refractivity contribution in [1.82, 2.24) is 19.2 Å². The second kappa shape index (κ2) is 9.77. The molecule has 1 aliphatic heterocycles. The fourth-order valence-corrected chi connectivity index (χ4v) is 5.85. The first-order valence-corrected chi connectivity index (χ1v) is 14.1. The number of para-hydroxylation sites is 1. The third-order valence-electron chi connectivity index (χ3n) is 6.19. The molecule has 0 saturated heterocycles. The van der Waals surface area contributed by atoms with Gasteiger partial charge in [-0.3, -0.25) is 9.78 Å². The predicted octanol–water partition coefficient (Wildman–Crippen LogP) is 4.13. The fourth-order valence-electron chi connectivity index (χ4n) is 4.33. The molecule has 1 amide bonds. The van der Waals surface area contributed by atoms with Gasteiger partial charge in [0.1, 0.15) is 6.54 Å². The lowest BCUT2D eigenvalue weighted by Crippen LogP contribution is -2.33. The predicted molar refractivity (Wildman–Crippen MR) is 140 cm³/mol. The zero-order valence-corrected chi connectivity index (χ0v) is 21.0. The number of rotatable bonds is 7. The molecule has 1 aliphatic rings.